The van der Waals surface area contributed by atoms with Crippen LogP contribution >= 0.6 is 0 Å². The van der Waals surface area contributed by atoms with E-state index in [1.54, 1.807) is 6.07 Å². The summed E-state index contributed by atoms with van der Waals surface area (Å²) in [6, 6.07) is 4.96. The van der Waals surface area contributed by atoms with E-state index in [-0.39, 0.29) is 29.5 Å². The quantitative estimate of drug-likeness (QED) is 0.472. The Balaban J connectivity index is 2.10. The highest BCUT2D eigenvalue weighted by Crippen LogP contribution is 2.31. The number of likely N-dealkylation sites (tertiary alicyclic amines) is 1. The topological polar surface area (TPSA) is 108 Å². The van der Waals surface area contributed by atoms with Crippen molar-refractivity contribution in [2.45, 2.75) is 32.9 Å². The molecule has 8 heteroatoms. The van der Waals surface area contributed by atoms with E-state index in [0.29, 0.717) is 6.54 Å². The summed E-state index contributed by atoms with van der Waals surface area (Å²) in [5.74, 6) is -0.537. The van der Waals surface area contributed by atoms with E-state index in [1.807, 2.05) is 0 Å². The van der Waals surface area contributed by atoms with Gasteiger partial charge in [-0.3, -0.25) is 15.0 Å². The van der Waals surface area contributed by atoms with Crippen LogP contribution in [0.5, 0.6) is 5.75 Å². The molecule has 0 spiro atoms. The lowest BCUT2D eigenvalue weighted by Gasteiger charge is -2.42. The average molecular weight is 351 g/mol. The number of nitrogens with two attached hydrogens (primary N) is 1. The Hall–Kier alpha value is -2.19. The van der Waals surface area contributed by atoms with E-state index in [0.717, 1.165) is 25.1 Å². The van der Waals surface area contributed by atoms with Crippen molar-refractivity contribution in [3.05, 3.63) is 33.9 Å². The molecule has 2 N–H and O–H groups in total. The number of carbonyl (C=O) groups is 1. The first-order valence-corrected chi connectivity index (χ1v) is 8.18. The molecular weight excluding hydrogens is 326 g/mol. The summed E-state index contributed by atoms with van der Waals surface area (Å²) in [5, 5.41) is 11.3. The maximum atomic E-state index is 11.3. The number of nitro groups is 1. The third kappa shape index (κ3) is 4.90. The van der Waals surface area contributed by atoms with Crippen molar-refractivity contribution in [1.82, 2.24) is 4.90 Å². The molecule has 1 saturated heterocycles. The highest BCUT2D eigenvalue weighted by molar-refractivity contribution is 5.71. The van der Waals surface area contributed by atoms with Crippen LogP contribution in [0, 0.1) is 15.5 Å². The molecule has 25 heavy (non-hydrogen) atoms. The molecule has 0 radical (unpaired) electrons. The number of nitrogens with zero attached hydrogens (tertiary/aromatic N) is 2. The molecule has 1 aromatic carbocycles. The summed E-state index contributed by atoms with van der Waals surface area (Å²) in [6.07, 6.45) is 0.898. The van der Waals surface area contributed by atoms with Crippen LogP contribution in [0.2, 0.25) is 0 Å². The van der Waals surface area contributed by atoms with Crippen LogP contribution in [-0.2, 0) is 16.1 Å². The fourth-order valence-electron chi connectivity index (χ4n) is 3.00. The molecule has 0 aliphatic carbocycles. The number of hydrogen-bond donors (Lipinski definition) is 1. The van der Waals surface area contributed by atoms with Gasteiger partial charge < -0.3 is 15.2 Å². The van der Waals surface area contributed by atoms with Crippen LogP contribution in [0.25, 0.3) is 0 Å². The summed E-state index contributed by atoms with van der Waals surface area (Å²) >= 11 is 0. The molecule has 1 fully saturated rings. The fourth-order valence-corrected chi connectivity index (χ4v) is 3.00. The molecule has 1 aromatic rings. The van der Waals surface area contributed by atoms with Gasteiger partial charge in [0.05, 0.1) is 12.0 Å². The number of esters is 1. The largest absolute Gasteiger partial charge is 0.475 e. The van der Waals surface area contributed by atoms with E-state index in [1.165, 1.54) is 19.2 Å². The Bertz CT molecular complexity index is 647. The third-order valence-electron chi connectivity index (χ3n) is 4.59. The zero-order chi connectivity index (χ0) is 18.6. The first-order chi connectivity index (χ1) is 11.7. The number of rotatable bonds is 6. The van der Waals surface area contributed by atoms with Crippen molar-refractivity contribution in [3.63, 3.8) is 0 Å². The van der Waals surface area contributed by atoms with Crippen molar-refractivity contribution < 1.29 is 19.2 Å². The Morgan fingerprint density at radius 2 is 2.20 bits per heavy atom. The lowest BCUT2D eigenvalue weighted by Crippen LogP contribution is -2.52. The second kappa shape index (κ2) is 7.79. The van der Waals surface area contributed by atoms with Crippen molar-refractivity contribution >= 4 is 11.7 Å². The van der Waals surface area contributed by atoms with Gasteiger partial charge in [0.2, 0.25) is 0 Å². The Morgan fingerprint density at radius 1 is 1.48 bits per heavy atom. The zero-order valence-corrected chi connectivity index (χ0v) is 14.9. The molecule has 1 unspecified atom stereocenters. The highest BCUT2D eigenvalue weighted by atomic mass is 16.6. The summed E-state index contributed by atoms with van der Waals surface area (Å²) < 4.78 is 9.67. The summed E-state index contributed by atoms with van der Waals surface area (Å²) in [4.78, 5) is 24.2. The Kier molecular flexibility index (Phi) is 5.97. The predicted octanol–water partition coefficient (Wildman–Crippen LogP) is 1.71. The van der Waals surface area contributed by atoms with E-state index in [4.69, 9.17) is 10.5 Å². The molecule has 0 aromatic heterocycles. The molecule has 1 atom stereocenters. The number of benzene rings is 1. The molecule has 0 bridgehead atoms. The minimum atomic E-state index is -0.592. The van der Waals surface area contributed by atoms with Crippen molar-refractivity contribution in [3.8, 4) is 5.75 Å². The van der Waals surface area contributed by atoms with Crippen LogP contribution in [0.4, 0.5) is 5.69 Å². The first-order valence-electron chi connectivity index (χ1n) is 8.18. The average Bonchev–Trinajstić information content (AvgIpc) is 2.56. The van der Waals surface area contributed by atoms with Gasteiger partial charge in [-0.2, -0.15) is 0 Å². The molecule has 8 nitrogen and oxygen atoms in total. The number of methoxy groups -OCH3 is 1. The van der Waals surface area contributed by atoms with E-state index >= 15 is 0 Å². The fraction of sp³-hybridized carbons (Fsp3) is 0.588. The van der Waals surface area contributed by atoms with Crippen LogP contribution in [0.1, 0.15) is 25.8 Å². The number of carbonyl (C=O) groups excluding carboxylic acids is 1. The maximum absolute atomic E-state index is 11.3. The van der Waals surface area contributed by atoms with Gasteiger partial charge in [-0.25, -0.2) is 4.79 Å². The smallest absolute Gasteiger partial charge is 0.343 e. The van der Waals surface area contributed by atoms with Crippen molar-refractivity contribution in [2.75, 3.05) is 26.8 Å². The molecule has 1 aliphatic rings. The number of piperidine rings is 1. The lowest BCUT2D eigenvalue weighted by atomic mass is 9.79. The standard InChI is InChI=1S/C17H25N3O5/c1-17(2)11-19(7-6-15(17)18)9-12-4-5-14(13(8-12)20(22)23)25-10-16(21)24-3/h4-5,8,15H,6-7,9-11,18H2,1-3H3. The molecule has 0 saturated carbocycles. The molecule has 138 valence electrons. The van der Waals surface area contributed by atoms with Crippen LogP contribution in [-0.4, -0.2) is 48.6 Å². The SMILES string of the molecule is COC(=O)COc1ccc(CN2CCC(N)C(C)(C)C2)cc1[N+](=O)[O-]. The van der Waals surface area contributed by atoms with Gasteiger partial charge in [0.15, 0.2) is 12.4 Å². The highest BCUT2D eigenvalue weighted by Gasteiger charge is 2.33. The van der Waals surface area contributed by atoms with E-state index in [9.17, 15) is 14.9 Å². The third-order valence-corrected chi connectivity index (χ3v) is 4.59. The van der Waals surface area contributed by atoms with Gasteiger partial charge in [0, 0.05) is 31.7 Å². The molecule has 2 rings (SSSR count). The second-order valence-corrected chi connectivity index (χ2v) is 7.02. The lowest BCUT2D eigenvalue weighted by molar-refractivity contribution is -0.385. The van der Waals surface area contributed by atoms with Gasteiger partial charge in [-0.05, 0) is 23.5 Å². The number of hydrogen-bond acceptors (Lipinski definition) is 7. The molecule has 0 amide bonds. The Labute approximate surface area is 147 Å². The summed E-state index contributed by atoms with van der Waals surface area (Å²) in [6.45, 7) is 6.21. The van der Waals surface area contributed by atoms with Crippen molar-refractivity contribution in [2.24, 2.45) is 11.1 Å². The number of nitro benzene ring substituents is 1. The summed E-state index contributed by atoms with van der Waals surface area (Å²) in [5.41, 5.74) is 6.82. The predicted molar refractivity (Wildman–Crippen MR) is 92.3 cm³/mol. The van der Waals surface area contributed by atoms with Crippen LogP contribution < -0.4 is 10.5 Å². The molecule has 1 heterocycles. The normalized spacial score (nSPS) is 20.1. The number of ether oxygens (including phenoxy) is 2. The first kappa shape index (κ1) is 19.1. The minimum Gasteiger partial charge on any atom is -0.475 e. The van der Waals surface area contributed by atoms with Gasteiger partial charge >= 0.3 is 11.7 Å². The zero-order valence-electron chi connectivity index (χ0n) is 14.9. The van der Waals surface area contributed by atoms with Gasteiger partial charge in [0.1, 0.15) is 0 Å². The van der Waals surface area contributed by atoms with Crippen LogP contribution in [0.15, 0.2) is 18.2 Å². The van der Waals surface area contributed by atoms with Crippen LogP contribution in [0.3, 0.4) is 0 Å². The molecular formula is C17H25N3O5. The van der Waals surface area contributed by atoms with Crippen molar-refractivity contribution in [1.29, 1.82) is 0 Å². The summed E-state index contributed by atoms with van der Waals surface area (Å²) in [7, 11) is 1.23. The second-order valence-electron chi connectivity index (χ2n) is 7.02. The van der Waals surface area contributed by atoms with Gasteiger partial charge in [-0.1, -0.05) is 19.9 Å². The van der Waals surface area contributed by atoms with E-state index in [2.05, 4.69) is 23.5 Å². The monoisotopic (exact) mass is 351 g/mol. The van der Waals surface area contributed by atoms with E-state index < -0.39 is 10.9 Å². The molecule has 1 aliphatic heterocycles. The van der Waals surface area contributed by atoms with Gasteiger partial charge in [0.25, 0.3) is 0 Å². The Morgan fingerprint density at radius 3 is 2.80 bits per heavy atom. The maximum Gasteiger partial charge on any atom is 0.343 e. The minimum absolute atomic E-state index is 0.00769. The van der Waals surface area contributed by atoms with Gasteiger partial charge in [-0.15, -0.1) is 0 Å².